The normalized spacial score (nSPS) is 11.6. The van der Waals surface area contributed by atoms with E-state index in [1.807, 2.05) is 19.9 Å². The summed E-state index contributed by atoms with van der Waals surface area (Å²) in [7, 11) is 0. The van der Waals surface area contributed by atoms with Crippen molar-refractivity contribution in [3.05, 3.63) is 68.6 Å². The molecule has 10 heteroatoms. The number of hydrogen-bond donors (Lipinski definition) is 2. The minimum Gasteiger partial charge on any atom is -0.350 e. The molecule has 3 aromatic rings. The topological polar surface area (TPSA) is 139 Å². The van der Waals surface area contributed by atoms with Gasteiger partial charge in [-0.05, 0) is 50.1 Å². The summed E-state index contributed by atoms with van der Waals surface area (Å²) in [6, 6.07) is 9.81. The van der Waals surface area contributed by atoms with Crippen LogP contribution in [0, 0.1) is 17.2 Å². The summed E-state index contributed by atoms with van der Waals surface area (Å²) in [5.74, 6) is -0.817. The second-order valence-corrected chi connectivity index (χ2v) is 7.92. The van der Waals surface area contributed by atoms with Crippen LogP contribution in [0.4, 0.5) is 5.69 Å². The van der Waals surface area contributed by atoms with Crippen molar-refractivity contribution < 1.29 is 9.59 Å². The molecule has 0 radical (unpaired) electrons. The van der Waals surface area contributed by atoms with Gasteiger partial charge in [0.15, 0.2) is 0 Å². The summed E-state index contributed by atoms with van der Waals surface area (Å²) >= 11 is 0. The lowest BCUT2D eigenvalue weighted by Crippen LogP contribution is -2.39. The van der Waals surface area contributed by atoms with Crippen molar-refractivity contribution in [3.63, 3.8) is 0 Å². The number of hydrogen-bond acceptors (Lipinski definition) is 6. The first-order chi connectivity index (χ1) is 16.3. The molecule has 0 spiro atoms. The zero-order valence-corrected chi connectivity index (χ0v) is 19.3. The van der Waals surface area contributed by atoms with Gasteiger partial charge in [-0.2, -0.15) is 5.26 Å². The Morgan fingerprint density at radius 2 is 1.85 bits per heavy atom. The molecule has 3 rings (SSSR count). The van der Waals surface area contributed by atoms with E-state index in [0.717, 1.165) is 0 Å². The number of nitrogens with one attached hydrogen (secondary N) is 2. The number of carbonyl (C=O) groups is 2. The van der Waals surface area contributed by atoms with Gasteiger partial charge in [0.25, 0.3) is 11.5 Å². The zero-order chi connectivity index (χ0) is 24.8. The molecular weight excluding hydrogens is 436 g/mol. The van der Waals surface area contributed by atoms with Gasteiger partial charge in [-0.15, -0.1) is 0 Å². The monoisotopic (exact) mass is 462 g/mol. The van der Waals surface area contributed by atoms with Gasteiger partial charge in [0.2, 0.25) is 5.91 Å². The van der Waals surface area contributed by atoms with E-state index in [9.17, 15) is 19.2 Å². The van der Waals surface area contributed by atoms with Crippen molar-refractivity contribution in [2.24, 2.45) is 5.92 Å². The summed E-state index contributed by atoms with van der Waals surface area (Å²) in [4.78, 5) is 53.9. The molecule has 2 heterocycles. The number of aromatic nitrogens is 3. The first-order valence-electron chi connectivity index (χ1n) is 11.0. The van der Waals surface area contributed by atoms with Crippen LogP contribution in [0.5, 0.6) is 0 Å². The quantitative estimate of drug-likeness (QED) is 0.524. The van der Waals surface area contributed by atoms with Gasteiger partial charge in [-0.3, -0.25) is 23.5 Å². The molecule has 1 aromatic carbocycles. The molecule has 0 saturated carbocycles. The Morgan fingerprint density at radius 1 is 1.12 bits per heavy atom. The molecule has 2 aromatic heterocycles. The lowest BCUT2D eigenvalue weighted by molar-refractivity contribution is -0.116. The molecule has 0 aliphatic carbocycles. The average molecular weight is 463 g/mol. The van der Waals surface area contributed by atoms with Gasteiger partial charge in [0, 0.05) is 37.9 Å². The van der Waals surface area contributed by atoms with Crippen LogP contribution in [0.1, 0.15) is 43.2 Å². The standard InChI is InChI=1S/C24H26N6O4/c1-4-29-20-9-7-17(11-18(20)23(33)30(5-2)24(29)34)28-21(31)10-15(3)13-27-22(32)19-8-6-16(12-25)14-26-19/h6-9,11,14-15H,4-5,10,13H2,1-3H3,(H,27,32)(H,28,31). The maximum absolute atomic E-state index is 12.7. The van der Waals surface area contributed by atoms with Gasteiger partial charge in [0.1, 0.15) is 11.8 Å². The first kappa shape index (κ1) is 24.4. The maximum Gasteiger partial charge on any atom is 0.331 e. The Labute approximate surface area is 195 Å². The van der Waals surface area contributed by atoms with Gasteiger partial charge < -0.3 is 10.6 Å². The molecule has 176 valence electrons. The fourth-order valence-corrected chi connectivity index (χ4v) is 3.64. The highest BCUT2D eigenvalue weighted by Gasteiger charge is 2.15. The largest absolute Gasteiger partial charge is 0.350 e. The molecule has 0 fully saturated rings. The predicted octanol–water partition coefficient (Wildman–Crippen LogP) is 1.86. The Hall–Kier alpha value is -4.26. The lowest BCUT2D eigenvalue weighted by atomic mass is 10.1. The number of nitrogens with zero attached hydrogens (tertiary/aromatic N) is 4. The number of pyridine rings is 1. The second kappa shape index (κ2) is 10.6. The lowest BCUT2D eigenvalue weighted by Gasteiger charge is -2.14. The van der Waals surface area contributed by atoms with Crippen LogP contribution in [0.15, 0.2) is 46.1 Å². The first-order valence-corrected chi connectivity index (χ1v) is 11.0. The Kier molecular flexibility index (Phi) is 7.58. The Morgan fingerprint density at radius 3 is 2.47 bits per heavy atom. The molecule has 2 amide bonds. The van der Waals surface area contributed by atoms with Crippen LogP contribution in [0.2, 0.25) is 0 Å². The van der Waals surface area contributed by atoms with E-state index in [4.69, 9.17) is 5.26 Å². The highest BCUT2D eigenvalue weighted by atomic mass is 16.2. The van der Waals surface area contributed by atoms with Gasteiger partial charge in [0.05, 0.1) is 16.5 Å². The second-order valence-electron chi connectivity index (χ2n) is 7.92. The number of rotatable bonds is 8. The van der Waals surface area contributed by atoms with Crippen molar-refractivity contribution in [1.82, 2.24) is 19.4 Å². The van der Waals surface area contributed by atoms with Crippen LogP contribution in [-0.2, 0) is 17.9 Å². The van der Waals surface area contributed by atoms with Crippen molar-refractivity contribution in [3.8, 4) is 6.07 Å². The number of benzene rings is 1. The summed E-state index contributed by atoms with van der Waals surface area (Å²) < 4.78 is 2.70. The number of amides is 2. The molecule has 1 unspecified atom stereocenters. The van der Waals surface area contributed by atoms with E-state index in [2.05, 4.69) is 15.6 Å². The molecule has 10 nitrogen and oxygen atoms in total. The van der Waals surface area contributed by atoms with E-state index in [-0.39, 0.29) is 48.6 Å². The van der Waals surface area contributed by atoms with Crippen LogP contribution in [-0.4, -0.2) is 32.5 Å². The van der Waals surface area contributed by atoms with Crippen LogP contribution in [0.3, 0.4) is 0 Å². The molecule has 34 heavy (non-hydrogen) atoms. The van der Waals surface area contributed by atoms with E-state index in [1.165, 1.54) is 27.5 Å². The van der Waals surface area contributed by atoms with Crippen LogP contribution < -0.4 is 21.9 Å². The molecule has 0 bridgehead atoms. The highest BCUT2D eigenvalue weighted by molar-refractivity contribution is 5.94. The van der Waals surface area contributed by atoms with Gasteiger partial charge in [-0.25, -0.2) is 9.78 Å². The number of carbonyl (C=O) groups excluding carboxylic acids is 2. The molecule has 1 atom stereocenters. The smallest absolute Gasteiger partial charge is 0.331 e. The zero-order valence-electron chi connectivity index (χ0n) is 19.3. The van der Waals surface area contributed by atoms with E-state index in [1.54, 1.807) is 25.1 Å². The molecule has 0 aliphatic rings. The highest BCUT2D eigenvalue weighted by Crippen LogP contribution is 2.16. The third kappa shape index (κ3) is 5.20. The van der Waals surface area contributed by atoms with E-state index < -0.39 is 5.56 Å². The van der Waals surface area contributed by atoms with Crippen molar-refractivity contribution >= 4 is 28.4 Å². The summed E-state index contributed by atoms with van der Waals surface area (Å²) in [5.41, 5.74) is 0.781. The maximum atomic E-state index is 12.7. The summed E-state index contributed by atoms with van der Waals surface area (Å²) in [6.45, 7) is 6.33. The Balaban J connectivity index is 1.65. The fraction of sp³-hybridized carbons (Fsp3) is 0.333. The Bertz CT molecular complexity index is 1380. The van der Waals surface area contributed by atoms with Crippen molar-refractivity contribution in [2.75, 3.05) is 11.9 Å². The number of nitriles is 1. The SMILES string of the molecule is CCn1c(=O)c2cc(NC(=O)CC(C)CNC(=O)c3ccc(C#N)cn3)ccc2n(CC)c1=O. The molecular formula is C24H26N6O4. The van der Waals surface area contributed by atoms with E-state index >= 15 is 0 Å². The minimum absolute atomic E-state index is 0.146. The van der Waals surface area contributed by atoms with Gasteiger partial charge >= 0.3 is 5.69 Å². The number of anilines is 1. The fourth-order valence-electron chi connectivity index (χ4n) is 3.64. The third-order valence-electron chi connectivity index (χ3n) is 5.41. The minimum atomic E-state index is -0.393. The van der Waals surface area contributed by atoms with Crippen LogP contribution in [0.25, 0.3) is 10.9 Å². The number of aryl methyl sites for hydroxylation is 1. The number of fused-ring (bicyclic) bond motifs is 1. The molecule has 0 aliphatic heterocycles. The summed E-state index contributed by atoms with van der Waals surface area (Å²) in [6.07, 6.45) is 1.47. The average Bonchev–Trinajstić information content (AvgIpc) is 2.83. The molecule has 0 saturated heterocycles. The van der Waals surface area contributed by atoms with Crippen molar-refractivity contribution in [1.29, 1.82) is 5.26 Å². The summed E-state index contributed by atoms with van der Waals surface area (Å²) in [5, 5.41) is 14.7. The third-order valence-corrected chi connectivity index (χ3v) is 5.41. The van der Waals surface area contributed by atoms with E-state index in [0.29, 0.717) is 28.7 Å². The van der Waals surface area contributed by atoms with Gasteiger partial charge in [-0.1, -0.05) is 6.92 Å². The van der Waals surface area contributed by atoms with Crippen LogP contribution >= 0.6 is 0 Å². The van der Waals surface area contributed by atoms with Crippen molar-refractivity contribution in [2.45, 2.75) is 40.3 Å². The predicted molar refractivity (Wildman–Crippen MR) is 128 cm³/mol. The molecule has 2 N–H and O–H groups in total.